The maximum atomic E-state index is 10.6. The summed E-state index contributed by atoms with van der Waals surface area (Å²) in [6.07, 6.45) is 1.83. The van der Waals surface area contributed by atoms with E-state index in [2.05, 4.69) is 64.8 Å². The van der Waals surface area contributed by atoms with Crippen LogP contribution in [-0.2, 0) is 21.1 Å². The standard InChI is InChI=1S/C31H26N3O2.Pt/c1-17-6-9-25-23(12-17)24-14-21(5)27(16-26(24)34(25)28-13-18(2)10-11-32-28)36-29-15-20(4)22-8-7-19(3)31(35)30(22)33-29;/h6-15,35H,1-5H3;/q-1;. The number of nitrogens with zero attached hydrogens (tertiary/aromatic N) is 3. The number of phenolic OH excluding ortho intramolecular Hbond substituents is 1. The van der Waals surface area contributed by atoms with Crippen molar-refractivity contribution in [3.05, 3.63) is 94.7 Å². The summed E-state index contributed by atoms with van der Waals surface area (Å²) in [5.41, 5.74) is 7.55. The Morgan fingerprint density at radius 2 is 1.57 bits per heavy atom. The molecule has 0 fully saturated rings. The number of ether oxygens (including phenoxy) is 1. The van der Waals surface area contributed by atoms with E-state index < -0.39 is 0 Å². The van der Waals surface area contributed by atoms with Crippen LogP contribution in [-0.4, -0.2) is 19.6 Å². The Labute approximate surface area is 230 Å². The molecule has 6 heteroatoms. The molecule has 0 saturated carbocycles. The van der Waals surface area contributed by atoms with Crippen molar-refractivity contribution < 1.29 is 30.9 Å². The molecule has 0 aliphatic heterocycles. The Morgan fingerprint density at radius 3 is 2.35 bits per heavy atom. The van der Waals surface area contributed by atoms with Crippen molar-refractivity contribution in [2.45, 2.75) is 34.6 Å². The molecule has 6 aromatic rings. The third kappa shape index (κ3) is 4.18. The van der Waals surface area contributed by atoms with Gasteiger partial charge in [-0.2, -0.15) is 6.07 Å². The molecule has 3 aromatic carbocycles. The van der Waals surface area contributed by atoms with Gasteiger partial charge < -0.3 is 14.4 Å². The molecule has 0 amide bonds. The van der Waals surface area contributed by atoms with E-state index in [1.54, 1.807) is 0 Å². The van der Waals surface area contributed by atoms with Gasteiger partial charge in [-0.05, 0) is 68.0 Å². The van der Waals surface area contributed by atoms with E-state index in [0.29, 0.717) is 17.1 Å². The normalized spacial score (nSPS) is 11.3. The molecule has 0 bridgehead atoms. The van der Waals surface area contributed by atoms with Crippen LogP contribution >= 0.6 is 0 Å². The Morgan fingerprint density at radius 1 is 0.784 bits per heavy atom. The van der Waals surface area contributed by atoms with Crippen molar-refractivity contribution in [1.29, 1.82) is 0 Å². The van der Waals surface area contributed by atoms with Crippen LogP contribution in [0.15, 0.2) is 60.8 Å². The monoisotopic (exact) mass is 667 g/mol. The minimum absolute atomic E-state index is 0. The molecular formula is C31H26N3O2Pt-. The van der Waals surface area contributed by atoms with Gasteiger partial charge in [-0.3, -0.25) is 0 Å². The average molecular weight is 668 g/mol. The molecule has 0 radical (unpaired) electrons. The van der Waals surface area contributed by atoms with Crippen molar-refractivity contribution in [3.8, 4) is 23.2 Å². The fourth-order valence-corrected chi connectivity index (χ4v) is 4.85. The molecule has 0 saturated heterocycles. The molecule has 3 aromatic heterocycles. The molecule has 1 N–H and O–H groups in total. The van der Waals surface area contributed by atoms with E-state index in [9.17, 15) is 5.11 Å². The third-order valence-corrected chi connectivity index (χ3v) is 6.79. The van der Waals surface area contributed by atoms with Gasteiger partial charge in [0, 0.05) is 50.0 Å². The first-order valence-electron chi connectivity index (χ1n) is 12.0. The maximum Gasteiger partial charge on any atom is 0.217 e. The zero-order chi connectivity index (χ0) is 25.1. The van der Waals surface area contributed by atoms with Crippen LogP contribution in [0.4, 0.5) is 0 Å². The van der Waals surface area contributed by atoms with Gasteiger partial charge in [0.2, 0.25) is 5.88 Å². The number of fused-ring (bicyclic) bond motifs is 4. The van der Waals surface area contributed by atoms with Crippen LogP contribution in [0.1, 0.15) is 27.8 Å². The first-order chi connectivity index (χ1) is 17.3. The number of phenols is 1. The molecule has 0 aliphatic rings. The third-order valence-electron chi connectivity index (χ3n) is 6.79. The van der Waals surface area contributed by atoms with Crippen LogP contribution in [0.2, 0.25) is 0 Å². The number of pyridine rings is 2. The summed E-state index contributed by atoms with van der Waals surface area (Å²) >= 11 is 0. The van der Waals surface area contributed by atoms with Gasteiger partial charge in [0.15, 0.2) is 0 Å². The largest absolute Gasteiger partial charge is 0.505 e. The van der Waals surface area contributed by atoms with Gasteiger partial charge >= 0.3 is 0 Å². The fourth-order valence-electron chi connectivity index (χ4n) is 4.85. The van der Waals surface area contributed by atoms with Crippen LogP contribution in [0.25, 0.3) is 38.5 Å². The summed E-state index contributed by atoms with van der Waals surface area (Å²) < 4.78 is 8.46. The maximum absolute atomic E-state index is 10.6. The number of benzene rings is 3. The van der Waals surface area contributed by atoms with Crippen molar-refractivity contribution >= 4 is 32.7 Å². The quantitative estimate of drug-likeness (QED) is 0.198. The summed E-state index contributed by atoms with van der Waals surface area (Å²) in [7, 11) is 0. The summed E-state index contributed by atoms with van der Waals surface area (Å²) in [6, 6.07) is 22.0. The summed E-state index contributed by atoms with van der Waals surface area (Å²) in [4.78, 5) is 9.31. The van der Waals surface area contributed by atoms with Crippen LogP contribution in [0.3, 0.4) is 0 Å². The van der Waals surface area contributed by atoms with Gasteiger partial charge in [0.05, 0.1) is 0 Å². The topological polar surface area (TPSA) is 60.2 Å². The van der Waals surface area contributed by atoms with E-state index in [-0.39, 0.29) is 26.8 Å². The van der Waals surface area contributed by atoms with E-state index in [0.717, 1.165) is 55.3 Å². The molecular weight excluding hydrogens is 641 g/mol. The van der Waals surface area contributed by atoms with Crippen LogP contribution < -0.4 is 4.74 Å². The number of aromatic hydroxyl groups is 1. The molecule has 37 heavy (non-hydrogen) atoms. The van der Waals surface area contributed by atoms with Crippen molar-refractivity contribution in [3.63, 3.8) is 0 Å². The number of rotatable bonds is 3. The van der Waals surface area contributed by atoms with E-state index in [1.807, 2.05) is 51.2 Å². The predicted molar refractivity (Wildman–Crippen MR) is 145 cm³/mol. The second-order valence-electron chi connectivity index (χ2n) is 9.60. The SMILES string of the molecule is Cc1ccnc(-n2c3[c-]c(Oc4cc(C)c5ccc(C)c(O)c5n4)c(C)cc3c3cc(C)ccc32)c1.[Pt]. The fraction of sp³-hybridized carbons (Fsp3) is 0.161. The van der Waals surface area contributed by atoms with Gasteiger partial charge in [0.25, 0.3) is 0 Å². The van der Waals surface area contributed by atoms with Crippen molar-refractivity contribution in [1.82, 2.24) is 14.5 Å². The number of aryl methyl sites for hydroxylation is 5. The minimum atomic E-state index is 0. The van der Waals surface area contributed by atoms with E-state index in [4.69, 9.17) is 4.74 Å². The van der Waals surface area contributed by atoms with Crippen molar-refractivity contribution in [2.24, 2.45) is 0 Å². The first kappa shape index (κ1) is 25.0. The average Bonchev–Trinajstić information content (AvgIpc) is 3.14. The molecule has 0 atom stereocenters. The smallest absolute Gasteiger partial charge is 0.217 e. The van der Waals surface area contributed by atoms with Crippen LogP contribution in [0, 0.1) is 40.7 Å². The number of hydrogen-bond donors (Lipinski definition) is 1. The zero-order valence-electron chi connectivity index (χ0n) is 21.3. The van der Waals surface area contributed by atoms with Gasteiger partial charge in [-0.1, -0.05) is 42.3 Å². The Hall–Kier alpha value is -3.69. The van der Waals surface area contributed by atoms with E-state index >= 15 is 0 Å². The molecule has 0 spiro atoms. The van der Waals surface area contributed by atoms with Gasteiger partial charge in [0.1, 0.15) is 17.1 Å². The first-order valence-corrected chi connectivity index (χ1v) is 12.0. The summed E-state index contributed by atoms with van der Waals surface area (Å²) in [6.45, 7) is 10.0. The minimum Gasteiger partial charge on any atom is -0.505 e. The molecule has 188 valence electrons. The second kappa shape index (κ2) is 9.31. The molecule has 0 unspecified atom stereocenters. The predicted octanol–water partition coefficient (Wildman–Crippen LogP) is 7.56. The Balaban J connectivity index is 0.00000280. The van der Waals surface area contributed by atoms with Gasteiger partial charge in [-0.15, -0.1) is 17.0 Å². The van der Waals surface area contributed by atoms with E-state index in [1.165, 1.54) is 5.56 Å². The second-order valence-corrected chi connectivity index (χ2v) is 9.60. The summed E-state index contributed by atoms with van der Waals surface area (Å²) in [5, 5.41) is 13.8. The van der Waals surface area contributed by atoms with Crippen LogP contribution in [0.5, 0.6) is 17.4 Å². The van der Waals surface area contributed by atoms with Crippen molar-refractivity contribution in [2.75, 3.05) is 0 Å². The summed E-state index contributed by atoms with van der Waals surface area (Å²) in [5.74, 6) is 2.03. The number of hydrogen-bond acceptors (Lipinski definition) is 4. The number of aromatic nitrogens is 3. The Kier molecular flexibility index (Phi) is 6.29. The molecule has 5 nitrogen and oxygen atoms in total. The van der Waals surface area contributed by atoms with Gasteiger partial charge in [-0.25, -0.2) is 9.97 Å². The Bertz CT molecular complexity index is 1840. The zero-order valence-corrected chi connectivity index (χ0v) is 23.6. The molecule has 6 rings (SSSR count). The molecule has 0 aliphatic carbocycles. The molecule has 3 heterocycles.